The van der Waals surface area contributed by atoms with Gasteiger partial charge in [-0.25, -0.2) is 0 Å². The van der Waals surface area contributed by atoms with Crippen LogP contribution in [0.4, 0.5) is 5.69 Å². The number of benzene rings is 1. The van der Waals surface area contributed by atoms with Crippen molar-refractivity contribution >= 4 is 22.8 Å². The Hall–Kier alpha value is -1.61. The van der Waals surface area contributed by atoms with Crippen LogP contribution in [0.3, 0.4) is 0 Å². The number of rotatable bonds is 5. The lowest BCUT2D eigenvalue weighted by molar-refractivity contribution is 0.101. The van der Waals surface area contributed by atoms with Crippen molar-refractivity contribution in [3.8, 4) is 0 Å². The lowest BCUT2D eigenvalue weighted by atomic mass is 10.1. The molecule has 0 amide bonds. The highest BCUT2D eigenvalue weighted by Gasteiger charge is 2.29. The van der Waals surface area contributed by atoms with Crippen LogP contribution in [0.2, 0.25) is 0 Å². The van der Waals surface area contributed by atoms with Crippen LogP contribution in [0.15, 0.2) is 41.1 Å². The van der Waals surface area contributed by atoms with Gasteiger partial charge in [0.05, 0.1) is 0 Å². The Morgan fingerprint density at radius 2 is 2.00 bits per heavy atom. The highest BCUT2D eigenvalue weighted by Crippen LogP contribution is 2.33. The fourth-order valence-corrected chi connectivity index (χ4v) is 2.94. The summed E-state index contributed by atoms with van der Waals surface area (Å²) in [6.45, 7) is 2.58. The lowest BCUT2D eigenvalue weighted by Gasteiger charge is -2.24. The molecule has 1 aromatic heterocycles. The summed E-state index contributed by atoms with van der Waals surface area (Å²) in [7, 11) is 0. The summed E-state index contributed by atoms with van der Waals surface area (Å²) in [5, 5.41) is 4.33. The van der Waals surface area contributed by atoms with Crippen LogP contribution in [0.1, 0.15) is 35.7 Å². The number of ketones is 1. The zero-order valence-corrected chi connectivity index (χ0v) is 11.8. The second-order valence-electron chi connectivity index (χ2n) is 5.09. The Morgan fingerprint density at radius 3 is 2.53 bits per heavy atom. The van der Waals surface area contributed by atoms with E-state index in [4.69, 9.17) is 0 Å². The van der Waals surface area contributed by atoms with E-state index in [0.29, 0.717) is 6.04 Å². The molecule has 1 aliphatic rings. The maximum absolute atomic E-state index is 11.3. The van der Waals surface area contributed by atoms with Gasteiger partial charge in [0.1, 0.15) is 0 Å². The number of nitrogens with zero attached hydrogens (tertiary/aromatic N) is 1. The van der Waals surface area contributed by atoms with Gasteiger partial charge in [0, 0.05) is 23.8 Å². The molecule has 0 spiro atoms. The molecule has 3 rings (SSSR count). The Bertz CT molecular complexity index is 555. The molecular formula is C16H17NOS. The molecule has 1 aromatic carbocycles. The number of hydrogen-bond acceptors (Lipinski definition) is 3. The number of hydrogen-bond donors (Lipinski definition) is 0. The van der Waals surface area contributed by atoms with Crippen molar-refractivity contribution in [2.75, 3.05) is 4.90 Å². The normalized spacial score (nSPS) is 14.4. The molecule has 0 radical (unpaired) electrons. The van der Waals surface area contributed by atoms with Crippen LogP contribution in [0, 0.1) is 0 Å². The molecule has 1 fully saturated rings. The van der Waals surface area contributed by atoms with E-state index in [2.05, 4.69) is 33.9 Å². The molecule has 1 saturated carbocycles. The molecule has 1 aliphatic carbocycles. The first-order valence-electron chi connectivity index (χ1n) is 6.63. The first-order chi connectivity index (χ1) is 9.24. The van der Waals surface area contributed by atoms with E-state index < -0.39 is 0 Å². The van der Waals surface area contributed by atoms with Gasteiger partial charge in [-0.15, -0.1) is 0 Å². The standard InChI is InChI=1S/C16H17NOS/c1-12(18)14-2-4-15(5-3-14)17(16-6-7-16)10-13-8-9-19-11-13/h2-5,8-9,11,16H,6-7,10H2,1H3. The molecule has 0 atom stereocenters. The zero-order chi connectivity index (χ0) is 13.2. The van der Waals surface area contributed by atoms with Gasteiger partial charge in [0.15, 0.2) is 5.78 Å². The molecule has 0 unspecified atom stereocenters. The summed E-state index contributed by atoms with van der Waals surface area (Å²) in [5.74, 6) is 0.127. The van der Waals surface area contributed by atoms with E-state index in [1.165, 1.54) is 24.1 Å². The fourth-order valence-electron chi connectivity index (χ4n) is 2.28. The van der Waals surface area contributed by atoms with Crippen LogP contribution in [-0.2, 0) is 6.54 Å². The number of carbonyl (C=O) groups is 1. The minimum absolute atomic E-state index is 0.127. The molecule has 3 heteroatoms. The van der Waals surface area contributed by atoms with Crippen molar-refractivity contribution < 1.29 is 4.79 Å². The molecule has 0 N–H and O–H groups in total. The summed E-state index contributed by atoms with van der Waals surface area (Å²) >= 11 is 1.74. The number of Topliss-reactive ketones (excluding diaryl/α,β-unsaturated/α-hetero) is 1. The van der Waals surface area contributed by atoms with E-state index in [-0.39, 0.29) is 5.78 Å². The van der Waals surface area contributed by atoms with Crippen LogP contribution >= 0.6 is 11.3 Å². The average molecular weight is 271 g/mol. The van der Waals surface area contributed by atoms with Gasteiger partial charge in [-0.3, -0.25) is 4.79 Å². The Morgan fingerprint density at radius 1 is 1.26 bits per heavy atom. The summed E-state index contributed by atoms with van der Waals surface area (Å²) in [5.41, 5.74) is 3.38. The third kappa shape index (κ3) is 2.87. The van der Waals surface area contributed by atoms with Crippen LogP contribution in [-0.4, -0.2) is 11.8 Å². The van der Waals surface area contributed by atoms with E-state index in [0.717, 1.165) is 12.1 Å². The van der Waals surface area contributed by atoms with E-state index in [9.17, 15) is 4.79 Å². The van der Waals surface area contributed by atoms with Crippen molar-refractivity contribution in [2.45, 2.75) is 32.4 Å². The summed E-state index contributed by atoms with van der Waals surface area (Å²) in [4.78, 5) is 13.8. The topological polar surface area (TPSA) is 20.3 Å². The fraction of sp³-hybridized carbons (Fsp3) is 0.312. The van der Waals surface area contributed by atoms with Gasteiger partial charge in [-0.1, -0.05) is 0 Å². The van der Waals surface area contributed by atoms with Crippen molar-refractivity contribution in [1.29, 1.82) is 0 Å². The summed E-state index contributed by atoms with van der Waals surface area (Å²) < 4.78 is 0. The molecule has 1 heterocycles. The van der Waals surface area contributed by atoms with Gasteiger partial charge >= 0.3 is 0 Å². The average Bonchev–Trinajstić information content (AvgIpc) is 3.13. The lowest BCUT2D eigenvalue weighted by Crippen LogP contribution is -2.24. The molecule has 19 heavy (non-hydrogen) atoms. The monoisotopic (exact) mass is 271 g/mol. The molecule has 0 bridgehead atoms. The number of carbonyl (C=O) groups excluding carboxylic acids is 1. The predicted octanol–water partition coefficient (Wildman–Crippen LogP) is 4.12. The smallest absolute Gasteiger partial charge is 0.159 e. The first-order valence-corrected chi connectivity index (χ1v) is 7.57. The maximum Gasteiger partial charge on any atom is 0.159 e. The minimum Gasteiger partial charge on any atom is -0.364 e. The quantitative estimate of drug-likeness (QED) is 0.762. The molecular weight excluding hydrogens is 254 g/mol. The second-order valence-corrected chi connectivity index (χ2v) is 5.87. The highest BCUT2D eigenvalue weighted by atomic mass is 32.1. The SMILES string of the molecule is CC(=O)c1ccc(N(Cc2ccsc2)C2CC2)cc1. The van der Waals surface area contributed by atoms with Crippen molar-refractivity contribution in [2.24, 2.45) is 0 Å². The van der Waals surface area contributed by atoms with Gasteiger partial charge in [0.2, 0.25) is 0 Å². The third-order valence-electron chi connectivity index (χ3n) is 3.53. The summed E-state index contributed by atoms with van der Waals surface area (Å²) in [6, 6.07) is 10.9. The zero-order valence-electron chi connectivity index (χ0n) is 11.0. The largest absolute Gasteiger partial charge is 0.364 e. The van der Waals surface area contributed by atoms with Gasteiger partial charge in [-0.2, -0.15) is 11.3 Å². The van der Waals surface area contributed by atoms with Crippen molar-refractivity contribution in [3.63, 3.8) is 0 Å². The highest BCUT2D eigenvalue weighted by molar-refractivity contribution is 7.07. The molecule has 2 aromatic rings. The van der Waals surface area contributed by atoms with E-state index in [1.54, 1.807) is 18.3 Å². The Labute approximate surface area is 117 Å². The van der Waals surface area contributed by atoms with Gasteiger partial charge in [-0.05, 0) is 66.4 Å². The van der Waals surface area contributed by atoms with Crippen LogP contribution in [0.25, 0.3) is 0 Å². The van der Waals surface area contributed by atoms with Gasteiger partial charge in [0.25, 0.3) is 0 Å². The molecule has 2 nitrogen and oxygen atoms in total. The van der Waals surface area contributed by atoms with E-state index in [1.807, 2.05) is 12.1 Å². The van der Waals surface area contributed by atoms with E-state index >= 15 is 0 Å². The first kappa shape index (κ1) is 12.4. The van der Waals surface area contributed by atoms with Crippen LogP contribution < -0.4 is 4.90 Å². The second kappa shape index (κ2) is 5.17. The number of thiophene rings is 1. The minimum atomic E-state index is 0.127. The van der Waals surface area contributed by atoms with Gasteiger partial charge < -0.3 is 4.90 Å². The van der Waals surface area contributed by atoms with Crippen molar-refractivity contribution in [1.82, 2.24) is 0 Å². The Kier molecular flexibility index (Phi) is 3.38. The Balaban J connectivity index is 1.81. The van der Waals surface area contributed by atoms with Crippen molar-refractivity contribution in [3.05, 3.63) is 52.2 Å². The molecule has 0 aliphatic heterocycles. The maximum atomic E-state index is 11.3. The number of anilines is 1. The summed E-state index contributed by atoms with van der Waals surface area (Å²) in [6.07, 6.45) is 2.55. The molecule has 0 saturated heterocycles. The third-order valence-corrected chi connectivity index (χ3v) is 4.26. The van der Waals surface area contributed by atoms with Crippen LogP contribution in [0.5, 0.6) is 0 Å². The predicted molar refractivity (Wildman–Crippen MR) is 80.0 cm³/mol. The molecule has 98 valence electrons.